The number of piperazine rings is 1. The number of nitrogens with zero attached hydrogens (tertiary/aromatic N) is 2. The summed E-state index contributed by atoms with van der Waals surface area (Å²) in [5, 5.41) is 7.49. The van der Waals surface area contributed by atoms with E-state index < -0.39 is 6.36 Å². The van der Waals surface area contributed by atoms with E-state index in [4.69, 9.17) is 0 Å². The third kappa shape index (κ3) is 4.63. The summed E-state index contributed by atoms with van der Waals surface area (Å²) in [4.78, 5) is 29.2. The maximum absolute atomic E-state index is 12.3. The van der Waals surface area contributed by atoms with Gasteiger partial charge in [0.25, 0.3) is 5.91 Å². The molecule has 0 aliphatic carbocycles. The van der Waals surface area contributed by atoms with Gasteiger partial charge >= 0.3 is 6.36 Å². The molecule has 1 aliphatic rings. The van der Waals surface area contributed by atoms with Crippen molar-refractivity contribution in [3.8, 4) is 5.75 Å². The zero-order valence-electron chi connectivity index (χ0n) is 13.2. The van der Waals surface area contributed by atoms with Crippen LogP contribution in [0, 0.1) is 0 Å². The fourth-order valence-corrected chi connectivity index (χ4v) is 2.97. The Balaban J connectivity index is 1.63. The number of alkyl halides is 3. The number of hydrogen-bond donors (Lipinski definition) is 2. The fraction of sp³-hybridized carbons (Fsp3) is 0.267. The monoisotopic (exact) mass is 386 g/mol. The van der Waals surface area contributed by atoms with E-state index in [1.54, 1.807) is 5.38 Å². The Kier molecular flexibility index (Phi) is 4.98. The van der Waals surface area contributed by atoms with Crippen molar-refractivity contribution in [1.29, 1.82) is 0 Å². The van der Waals surface area contributed by atoms with Gasteiger partial charge in [-0.2, -0.15) is 0 Å². The Bertz CT molecular complexity index is 807. The zero-order valence-corrected chi connectivity index (χ0v) is 14.0. The van der Waals surface area contributed by atoms with Gasteiger partial charge in [0.1, 0.15) is 11.4 Å². The molecule has 138 valence electrons. The zero-order chi connectivity index (χ0) is 18.7. The molecule has 2 amide bonds. The average Bonchev–Trinajstić information content (AvgIpc) is 3.03. The molecule has 2 heterocycles. The summed E-state index contributed by atoms with van der Waals surface area (Å²) in [6.45, 7) is 0.789. The molecule has 1 aromatic heterocycles. The maximum Gasteiger partial charge on any atom is 0.573 e. The number of carbonyl (C=O) groups is 2. The van der Waals surface area contributed by atoms with Crippen LogP contribution in [0.25, 0.3) is 0 Å². The van der Waals surface area contributed by atoms with Gasteiger partial charge in [0, 0.05) is 24.2 Å². The number of anilines is 2. The Hall–Kier alpha value is -2.82. The van der Waals surface area contributed by atoms with Crippen LogP contribution >= 0.6 is 11.3 Å². The number of ether oxygens (including phenoxy) is 1. The minimum Gasteiger partial charge on any atom is -0.406 e. The van der Waals surface area contributed by atoms with Crippen LogP contribution in [0.4, 0.5) is 24.0 Å². The molecule has 2 N–H and O–H groups in total. The summed E-state index contributed by atoms with van der Waals surface area (Å²) in [5.41, 5.74) is 0.689. The highest BCUT2D eigenvalue weighted by Crippen LogP contribution is 2.26. The number of aromatic nitrogens is 1. The smallest absolute Gasteiger partial charge is 0.406 e. The number of benzene rings is 1. The van der Waals surface area contributed by atoms with Gasteiger partial charge in [-0.05, 0) is 24.3 Å². The first kappa shape index (κ1) is 18.0. The molecule has 1 aliphatic heterocycles. The lowest BCUT2D eigenvalue weighted by Gasteiger charge is -2.25. The number of nitrogens with one attached hydrogen (secondary N) is 2. The number of carbonyl (C=O) groups excluding carboxylic acids is 2. The van der Waals surface area contributed by atoms with Gasteiger partial charge in [-0.25, -0.2) is 4.98 Å². The first-order chi connectivity index (χ1) is 12.3. The van der Waals surface area contributed by atoms with Crippen LogP contribution in [-0.4, -0.2) is 47.7 Å². The topological polar surface area (TPSA) is 83.6 Å². The van der Waals surface area contributed by atoms with Crippen molar-refractivity contribution in [2.24, 2.45) is 0 Å². The highest BCUT2D eigenvalue weighted by Gasteiger charge is 2.31. The van der Waals surface area contributed by atoms with E-state index >= 15 is 0 Å². The van der Waals surface area contributed by atoms with Crippen molar-refractivity contribution in [2.45, 2.75) is 6.36 Å². The van der Waals surface area contributed by atoms with E-state index in [-0.39, 0.29) is 29.8 Å². The normalized spacial score (nSPS) is 14.7. The van der Waals surface area contributed by atoms with Crippen molar-refractivity contribution >= 4 is 34.0 Å². The number of thiazole rings is 1. The van der Waals surface area contributed by atoms with Crippen molar-refractivity contribution in [2.75, 3.05) is 25.0 Å². The third-order valence-corrected chi connectivity index (χ3v) is 4.15. The minimum atomic E-state index is -4.75. The van der Waals surface area contributed by atoms with Crippen molar-refractivity contribution in [3.05, 3.63) is 35.3 Å². The predicted molar refractivity (Wildman–Crippen MR) is 87.4 cm³/mol. The van der Waals surface area contributed by atoms with Gasteiger partial charge < -0.3 is 20.3 Å². The quantitative estimate of drug-likeness (QED) is 0.843. The highest BCUT2D eigenvalue weighted by molar-refractivity contribution is 7.14. The first-order valence-electron chi connectivity index (χ1n) is 7.44. The lowest BCUT2D eigenvalue weighted by molar-refractivity contribution is -0.274. The second kappa shape index (κ2) is 7.20. The predicted octanol–water partition coefficient (Wildman–Crippen LogP) is 2.36. The van der Waals surface area contributed by atoms with Crippen molar-refractivity contribution in [3.63, 3.8) is 0 Å². The summed E-state index contributed by atoms with van der Waals surface area (Å²) in [6.07, 6.45) is -4.75. The molecule has 11 heteroatoms. The van der Waals surface area contributed by atoms with Crippen LogP contribution in [0.3, 0.4) is 0 Å². The van der Waals surface area contributed by atoms with Gasteiger partial charge in [-0.1, -0.05) is 0 Å². The maximum atomic E-state index is 12.3. The molecule has 26 heavy (non-hydrogen) atoms. The first-order valence-corrected chi connectivity index (χ1v) is 8.32. The van der Waals surface area contributed by atoms with E-state index in [0.717, 1.165) is 0 Å². The summed E-state index contributed by atoms with van der Waals surface area (Å²) in [6, 6.07) is 5.14. The summed E-state index contributed by atoms with van der Waals surface area (Å²) >= 11 is 1.17. The molecule has 0 unspecified atom stereocenters. The molecule has 0 bridgehead atoms. The summed E-state index contributed by atoms with van der Waals surface area (Å²) in [7, 11) is 0. The number of hydrogen-bond acceptors (Lipinski definition) is 6. The van der Waals surface area contributed by atoms with Crippen LogP contribution in [0.1, 0.15) is 10.5 Å². The van der Waals surface area contributed by atoms with Crippen LogP contribution in [0.5, 0.6) is 5.75 Å². The largest absolute Gasteiger partial charge is 0.573 e. The highest BCUT2D eigenvalue weighted by atomic mass is 32.1. The second-order valence-corrected chi connectivity index (χ2v) is 6.17. The molecule has 2 aromatic rings. The van der Waals surface area contributed by atoms with E-state index in [1.807, 2.05) is 0 Å². The molecule has 0 radical (unpaired) electrons. The lowest BCUT2D eigenvalue weighted by Crippen LogP contribution is -2.50. The molecule has 1 fully saturated rings. The van der Waals surface area contributed by atoms with E-state index in [0.29, 0.717) is 23.9 Å². The van der Waals surface area contributed by atoms with Crippen molar-refractivity contribution < 1.29 is 27.5 Å². The van der Waals surface area contributed by atoms with Gasteiger partial charge in [-0.15, -0.1) is 24.5 Å². The molecular weight excluding hydrogens is 373 g/mol. The van der Waals surface area contributed by atoms with E-state index in [9.17, 15) is 22.8 Å². The Morgan fingerprint density at radius 1 is 1.31 bits per heavy atom. The number of halogens is 3. The van der Waals surface area contributed by atoms with Gasteiger partial charge in [0.05, 0.1) is 6.54 Å². The summed E-state index contributed by atoms with van der Waals surface area (Å²) < 4.78 is 40.2. The standard InChI is InChI=1S/C15H13F3N4O3S/c16-15(17,18)25-10-3-1-9(2-4-10)20-14-21-11(8-26-14)13(24)22-6-5-19-12(23)7-22/h1-4,8H,5-7H2,(H,19,23)(H,20,21). The number of rotatable bonds is 4. The van der Waals surface area contributed by atoms with E-state index in [2.05, 4.69) is 20.4 Å². The molecule has 0 atom stereocenters. The van der Waals surface area contributed by atoms with Crippen molar-refractivity contribution in [1.82, 2.24) is 15.2 Å². The van der Waals surface area contributed by atoms with Gasteiger partial charge in [-0.3, -0.25) is 9.59 Å². The molecule has 0 saturated carbocycles. The Morgan fingerprint density at radius 2 is 2.04 bits per heavy atom. The van der Waals surface area contributed by atoms with Gasteiger partial charge in [0.15, 0.2) is 5.13 Å². The molecule has 3 rings (SSSR count). The fourth-order valence-electron chi connectivity index (χ4n) is 2.27. The van der Waals surface area contributed by atoms with Crippen LogP contribution in [0.2, 0.25) is 0 Å². The average molecular weight is 386 g/mol. The Morgan fingerprint density at radius 3 is 2.69 bits per heavy atom. The lowest BCUT2D eigenvalue weighted by atomic mass is 10.3. The second-order valence-electron chi connectivity index (χ2n) is 5.31. The molecule has 1 aromatic carbocycles. The van der Waals surface area contributed by atoms with Gasteiger partial charge in [0.2, 0.25) is 5.91 Å². The minimum absolute atomic E-state index is 0.0141. The van der Waals surface area contributed by atoms with Crippen LogP contribution in [0.15, 0.2) is 29.6 Å². The van der Waals surface area contributed by atoms with Crippen LogP contribution < -0.4 is 15.4 Å². The molecule has 0 spiro atoms. The molecular formula is C15H13F3N4O3S. The number of amides is 2. The molecule has 7 nitrogen and oxygen atoms in total. The molecule has 1 saturated heterocycles. The third-order valence-electron chi connectivity index (χ3n) is 3.39. The Labute approximate surface area is 149 Å². The SMILES string of the molecule is O=C1CN(C(=O)c2csc(Nc3ccc(OC(F)(F)F)cc3)n2)CCN1. The summed E-state index contributed by atoms with van der Waals surface area (Å²) in [5.74, 6) is -0.904. The van der Waals surface area contributed by atoms with E-state index in [1.165, 1.54) is 40.5 Å². The van der Waals surface area contributed by atoms with Crippen LogP contribution in [-0.2, 0) is 4.79 Å².